The molecule has 1 aromatic carbocycles. The molecule has 1 aromatic rings. The first kappa shape index (κ1) is 10.7. The maximum absolute atomic E-state index is 5.81. The highest BCUT2D eigenvalue weighted by atomic mass is 14.7. The Kier molecular flexibility index (Phi) is 2.83. The van der Waals surface area contributed by atoms with Gasteiger partial charge in [-0.1, -0.05) is 12.1 Å². The summed E-state index contributed by atoms with van der Waals surface area (Å²) < 4.78 is 0. The van der Waals surface area contributed by atoms with E-state index >= 15 is 0 Å². The second-order valence-corrected chi connectivity index (χ2v) is 5.09. The summed E-state index contributed by atoms with van der Waals surface area (Å²) in [7, 11) is 0. The molecular weight excluding hydrogens is 182 g/mol. The molecule has 1 saturated carbocycles. The van der Waals surface area contributed by atoms with Crippen LogP contribution in [0.25, 0.3) is 0 Å². The molecule has 1 heteroatoms. The topological polar surface area (TPSA) is 26.0 Å². The lowest BCUT2D eigenvalue weighted by Crippen LogP contribution is -2.37. The third-order valence-electron chi connectivity index (χ3n) is 3.95. The van der Waals surface area contributed by atoms with E-state index in [1.54, 1.807) is 0 Å². The number of rotatable bonds is 2. The van der Waals surface area contributed by atoms with Crippen molar-refractivity contribution in [2.45, 2.75) is 46.1 Å². The molecule has 0 radical (unpaired) electrons. The van der Waals surface area contributed by atoms with Crippen LogP contribution < -0.4 is 5.73 Å². The van der Waals surface area contributed by atoms with Crippen LogP contribution >= 0.6 is 0 Å². The van der Waals surface area contributed by atoms with Gasteiger partial charge in [0.25, 0.3) is 0 Å². The smallest absolute Gasteiger partial charge is 0.00443 e. The van der Waals surface area contributed by atoms with Crippen LogP contribution in [0.1, 0.15) is 35.1 Å². The zero-order valence-electron chi connectivity index (χ0n) is 10.0. The molecule has 0 aromatic heterocycles. The summed E-state index contributed by atoms with van der Waals surface area (Å²) in [6.45, 7) is 6.66. The normalized spacial score (nSPS) is 25.1. The highest BCUT2D eigenvalue weighted by molar-refractivity contribution is 5.39. The molecule has 2 N–H and O–H groups in total. The van der Waals surface area contributed by atoms with Crippen LogP contribution in [0.4, 0.5) is 0 Å². The van der Waals surface area contributed by atoms with E-state index in [-0.39, 0.29) is 0 Å². The van der Waals surface area contributed by atoms with Crippen LogP contribution in [0.15, 0.2) is 12.1 Å². The Hall–Kier alpha value is -0.820. The van der Waals surface area contributed by atoms with E-state index in [1.165, 1.54) is 41.5 Å². The molecule has 0 spiro atoms. The largest absolute Gasteiger partial charge is 0.328 e. The van der Waals surface area contributed by atoms with Gasteiger partial charge in [-0.3, -0.25) is 0 Å². The average molecular weight is 203 g/mol. The SMILES string of the molecule is Cc1ccc(CC2CC(N)C2)c(C)c1C. The minimum absolute atomic E-state index is 0.474. The molecule has 1 fully saturated rings. The van der Waals surface area contributed by atoms with Gasteiger partial charge in [-0.2, -0.15) is 0 Å². The first-order valence-electron chi connectivity index (χ1n) is 5.89. The zero-order valence-corrected chi connectivity index (χ0v) is 10.0. The Morgan fingerprint density at radius 1 is 1.13 bits per heavy atom. The van der Waals surface area contributed by atoms with Gasteiger partial charge in [-0.25, -0.2) is 0 Å². The summed E-state index contributed by atoms with van der Waals surface area (Å²) in [4.78, 5) is 0. The number of nitrogens with two attached hydrogens (primary N) is 1. The van der Waals surface area contributed by atoms with E-state index in [9.17, 15) is 0 Å². The Labute approximate surface area is 92.7 Å². The summed E-state index contributed by atoms with van der Waals surface area (Å²) >= 11 is 0. The highest BCUT2D eigenvalue weighted by Crippen LogP contribution is 2.30. The maximum atomic E-state index is 5.81. The first-order valence-corrected chi connectivity index (χ1v) is 5.89. The zero-order chi connectivity index (χ0) is 11.0. The Morgan fingerprint density at radius 2 is 1.80 bits per heavy atom. The molecule has 1 nitrogen and oxygen atoms in total. The van der Waals surface area contributed by atoms with Gasteiger partial charge in [0.15, 0.2) is 0 Å². The molecule has 0 bridgehead atoms. The van der Waals surface area contributed by atoms with Crippen molar-refractivity contribution in [3.05, 3.63) is 34.4 Å². The number of hydrogen-bond acceptors (Lipinski definition) is 1. The summed E-state index contributed by atoms with van der Waals surface area (Å²) in [5.41, 5.74) is 11.7. The summed E-state index contributed by atoms with van der Waals surface area (Å²) in [6.07, 6.45) is 3.65. The van der Waals surface area contributed by atoms with Crippen LogP contribution in [0.5, 0.6) is 0 Å². The average Bonchev–Trinajstić information content (AvgIpc) is 2.16. The van der Waals surface area contributed by atoms with Gasteiger partial charge in [-0.05, 0) is 68.2 Å². The van der Waals surface area contributed by atoms with Gasteiger partial charge in [0.2, 0.25) is 0 Å². The Balaban J connectivity index is 2.12. The van der Waals surface area contributed by atoms with Gasteiger partial charge >= 0.3 is 0 Å². The van der Waals surface area contributed by atoms with Gasteiger partial charge in [0.05, 0.1) is 0 Å². The predicted octanol–water partition coefficient (Wildman–Crippen LogP) is 2.89. The number of benzene rings is 1. The van der Waals surface area contributed by atoms with Crippen LogP contribution in [-0.2, 0) is 6.42 Å². The monoisotopic (exact) mass is 203 g/mol. The molecule has 1 aliphatic rings. The molecular formula is C14H21N. The highest BCUT2D eigenvalue weighted by Gasteiger charge is 2.26. The van der Waals surface area contributed by atoms with E-state index < -0.39 is 0 Å². The van der Waals surface area contributed by atoms with Crippen LogP contribution in [0.2, 0.25) is 0 Å². The van der Waals surface area contributed by atoms with E-state index in [4.69, 9.17) is 5.73 Å². The number of aryl methyl sites for hydroxylation is 1. The van der Waals surface area contributed by atoms with Crippen molar-refractivity contribution in [2.75, 3.05) is 0 Å². The molecule has 0 heterocycles. The molecule has 0 unspecified atom stereocenters. The lowest BCUT2D eigenvalue weighted by molar-refractivity contribution is 0.264. The summed E-state index contributed by atoms with van der Waals surface area (Å²) in [6, 6.07) is 5.01. The maximum Gasteiger partial charge on any atom is 0.00443 e. The van der Waals surface area contributed by atoms with Gasteiger partial charge in [0, 0.05) is 6.04 Å². The van der Waals surface area contributed by atoms with E-state index in [1.807, 2.05) is 0 Å². The molecule has 0 aliphatic heterocycles. The van der Waals surface area contributed by atoms with E-state index in [2.05, 4.69) is 32.9 Å². The molecule has 0 atom stereocenters. The van der Waals surface area contributed by atoms with Crippen molar-refractivity contribution in [3.63, 3.8) is 0 Å². The molecule has 15 heavy (non-hydrogen) atoms. The van der Waals surface area contributed by atoms with Gasteiger partial charge in [0.1, 0.15) is 0 Å². The van der Waals surface area contributed by atoms with Crippen molar-refractivity contribution < 1.29 is 0 Å². The van der Waals surface area contributed by atoms with Crippen molar-refractivity contribution >= 4 is 0 Å². The van der Waals surface area contributed by atoms with Crippen LogP contribution in [0.3, 0.4) is 0 Å². The third kappa shape index (κ3) is 2.07. The van der Waals surface area contributed by atoms with Gasteiger partial charge in [-0.15, -0.1) is 0 Å². The Morgan fingerprint density at radius 3 is 2.40 bits per heavy atom. The van der Waals surface area contributed by atoms with E-state index in [0.717, 1.165) is 5.92 Å². The fourth-order valence-electron chi connectivity index (χ4n) is 2.50. The van der Waals surface area contributed by atoms with Crippen LogP contribution in [0, 0.1) is 26.7 Å². The molecule has 0 saturated heterocycles. The van der Waals surface area contributed by atoms with Crippen molar-refractivity contribution in [3.8, 4) is 0 Å². The van der Waals surface area contributed by atoms with E-state index in [0.29, 0.717) is 6.04 Å². The van der Waals surface area contributed by atoms with Crippen molar-refractivity contribution in [1.82, 2.24) is 0 Å². The van der Waals surface area contributed by atoms with Crippen LogP contribution in [-0.4, -0.2) is 6.04 Å². The number of hydrogen-bond donors (Lipinski definition) is 1. The fourth-order valence-corrected chi connectivity index (χ4v) is 2.50. The van der Waals surface area contributed by atoms with Crippen molar-refractivity contribution in [1.29, 1.82) is 0 Å². The Bertz CT molecular complexity index is 362. The minimum atomic E-state index is 0.474. The minimum Gasteiger partial charge on any atom is -0.328 e. The van der Waals surface area contributed by atoms with Gasteiger partial charge < -0.3 is 5.73 Å². The molecule has 0 amide bonds. The predicted molar refractivity (Wildman–Crippen MR) is 65.1 cm³/mol. The molecule has 1 aliphatic carbocycles. The summed E-state index contributed by atoms with van der Waals surface area (Å²) in [5.74, 6) is 0.834. The third-order valence-corrected chi connectivity index (χ3v) is 3.95. The molecule has 2 rings (SSSR count). The second kappa shape index (κ2) is 3.97. The first-order chi connectivity index (χ1) is 7.08. The molecule has 82 valence electrons. The lowest BCUT2D eigenvalue weighted by atomic mass is 9.76. The standard InChI is InChI=1S/C14H21N/c1-9-4-5-13(11(3)10(9)2)6-12-7-14(15)8-12/h4-5,12,14H,6-8,15H2,1-3H3. The quantitative estimate of drug-likeness (QED) is 0.786. The second-order valence-electron chi connectivity index (χ2n) is 5.09. The van der Waals surface area contributed by atoms with Crippen molar-refractivity contribution in [2.24, 2.45) is 11.7 Å². The fraction of sp³-hybridized carbons (Fsp3) is 0.571. The summed E-state index contributed by atoms with van der Waals surface area (Å²) in [5, 5.41) is 0. The lowest BCUT2D eigenvalue weighted by Gasteiger charge is -2.33.